The minimum atomic E-state index is -0.108. The number of hydrogen-bond donors (Lipinski definition) is 1. The van der Waals surface area contributed by atoms with Gasteiger partial charge in [0.1, 0.15) is 0 Å². The maximum absolute atomic E-state index is 6.77. The molecule has 2 atom stereocenters. The largest absolute Gasteiger partial charge is 0.321 e. The molecule has 1 saturated carbocycles. The molecule has 2 N–H and O–H groups in total. The Balaban J connectivity index is 2.21. The van der Waals surface area contributed by atoms with Crippen molar-refractivity contribution < 1.29 is 0 Å². The van der Waals surface area contributed by atoms with Gasteiger partial charge in [-0.15, -0.1) is 0 Å². The lowest BCUT2D eigenvalue weighted by Gasteiger charge is -2.40. The molecular weight excluding hydrogens is 242 g/mol. The average molecular weight is 273 g/mol. The van der Waals surface area contributed by atoms with E-state index in [-0.39, 0.29) is 11.0 Å². The second-order valence-corrected chi connectivity index (χ2v) is 8.08. The second kappa shape index (κ2) is 5.52. The third kappa shape index (κ3) is 3.25. The standard InChI is InChI=1S/C19H31N/c1-14(2)15-7-6-12-19(20,13-15)17-10-8-16(9-11-17)18(3,4)5/h8-11,14-15H,6-7,12-13,20H2,1-5H3. The van der Waals surface area contributed by atoms with Gasteiger partial charge in [-0.25, -0.2) is 0 Å². The molecule has 1 nitrogen and oxygen atoms in total. The van der Waals surface area contributed by atoms with Gasteiger partial charge in [-0.05, 0) is 41.2 Å². The van der Waals surface area contributed by atoms with Crippen LogP contribution < -0.4 is 5.73 Å². The van der Waals surface area contributed by atoms with Crippen molar-refractivity contribution in [3.05, 3.63) is 35.4 Å². The smallest absolute Gasteiger partial charge is 0.0412 e. The first-order chi connectivity index (χ1) is 9.22. The topological polar surface area (TPSA) is 26.0 Å². The van der Waals surface area contributed by atoms with Crippen LogP contribution in [0, 0.1) is 11.8 Å². The van der Waals surface area contributed by atoms with Crippen LogP contribution in [0.2, 0.25) is 0 Å². The summed E-state index contributed by atoms with van der Waals surface area (Å²) in [5.74, 6) is 1.52. The fourth-order valence-corrected chi connectivity index (χ4v) is 3.49. The van der Waals surface area contributed by atoms with Crippen LogP contribution in [0.25, 0.3) is 0 Å². The Kier molecular flexibility index (Phi) is 4.30. The van der Waals surface area contributed by atoms with Crippen LogP contribution in [-0.2, 0) is 11.0 Å². The maximum atomic E-state index is 6.77. The Morgan fingerprint density at radius 3 is 2.25 bits per heavy atom. The Bertz CT molecular complexity index is 438. The van der Waals surface area contributed by atoms with Crippen molar-refractivity contribution in [1.29, 1.82) is 0 Å². The van der Waals surface area contributed by atoms with Gasteiger partial charge in [0.05, 0.1) is 0 Å². The molecule has 2 unspecified atom stereocenters. The molecule has 2 rings (SSSR count). The minimum absolute atomic E-state index is 0.108. The molecule has 0 spiro atoms. The highest BCUT2D eigenvalue weighted by molar-refractivity contribution is 5.32. The number of rotatable bonds is 2. The van der Waals surface area contributed by atoms with E-state index in [1.165, 1.54) is 24.0 Å². The van der Waals surface area contributed by atoms with Crippen molar-refractivity contribution >= 4 is 0 Å². The Hall–Kier alpha value is -0.820. The summed E-state index contributed by atoms with van der Waals surface area (Å²) >= 11 is 0. The second-order valence-electron chi connectivity index (χ2n) is 8.08. The lowest BCUT2D eigenvalue weighted by molar-refractivity contribution is 0.184. The number of nitrogens with two attached hydrogens (primary N) is 1. The molecule has 0 saturated heterocycles. The van der Waals surface area contributed by atoms with E-state index >= 15 is 0 Å². The lowest BCUT2D eigenvalue weighted by Crippen LogP contribution is -2.42. The van der Waals surface area contributed by atoms with Crippen molar-refractivity contribution in [2.75, 3.05) is 0 Å². The first kappa shape index (κ1) is 15.6. The average Bonchev–Trinajstić information content (AvgIpc) is 2.38. The van der Waals surface area contributed by atoms with Crippen LogP contribution in [0.1, 0.15) is 71.4 Å². The fourth-order valence-electron chi connectivity index (χ4n) is 3.49. The van der Waals surface area contributed by atoms with Gasteiger partial charge in [-0.2, -0.15) is 0 Å². The predicted molar refractivity (Wildman–Crippen MR) is 87.8 cm³/mol. The highest BCUT2D eigenvalue weighted by atomic mass is 14.8. The molecular formula is C19H31N. The molecule has 0 amide bonds. The monoisotopic (exact) mass is 273 g/mol. The van der Waals surface area contributed by atoms with Crippen molar-refractivity contribution in [2.24, 2.45) is 17.6 Å². The summed E-state index contributed by atoms with van der Waals surface area (Å²) in [6.07, 6.45) is 4.88. The Labute approximate surface area is 125 Å². The van der Waals surface area contributed by atoms with E-state index in [0.29, 0.717) is 0 Å². The maximum Gasteiger partial charge on any atom is 0.0412 e. The third-order valence-electron chi connectivity index (χ3n) is 5.09. The zero-order valence-corrected chi connectivity index (χ0v) is 13.9. The van der Waals surface area contributed by atoms with Crippen LogP contribution in [0.5, 0.6) is 0 Å². The van der Waals surface area contributed by atoms with Crippen LogP contribution >= 0.6 is 0 Å². The van der Waals surface area contributed by atoms with Crippen molar-refractivity contribution in [1.82, 2.24) is 0 Å². The summed E-state index contributed by atoms with van der Waals surface area (Å²) in [5, 5.41) is 0. The zero-order valence-electron chi connectivity index (χ0n) is 13.9. The van der Waals surface area contributed by atoms with E-state index in [1.54, 1.807) is 0 Å². The SMILES string of the molecule is CC(C)C1CCCC(N)(c2ccc(C(C)(C)C)cc2)C1. The van der Waals surface area contributed by atoms with E-state index in [4.69, 9.17) is 5.73 Å². The van der Waals surface area contributed by atoms with Gasteiger partial charge in [0, 0.05) is 5.54 Å². The van der Waals surface area contributed by atoms with Gasteiger partial charge in [-0.3, -0.25) is 0 Å². The number of benzene rings is 1. The van der Waals surface area contributed by atoms with Crippen LogP contribution in [0.15, 0.2) is 24.3 Å². The first-order valence-corrected chi connectivity index (χ1v) is 8.12. The van der Waals surface area contributed by atoms with E-state index in [1.807, 2.05) is 0 Å². The van der Waals surface area contributed by atoms with E-state index < -0.39 is 0 Å². The highest BCUT2D eigenvalue weighted by Crippen LogP contribution is 2.41. The molecule has 1 heteroatoms. The minimum Gasteiger partial charge on any atom is -0.321 e. The summed E-state index contributed by atoms with van der Waals surface area (Å²) < 4.78 is 0. The van der Waals surface area contributed by atoms with Gasteiger partial charge < -0.3 is 5.73 Å². The van der Waals surface area contributed by atoms with Crippen LogP contribution in [0.4, 0.5) is 0 Å². The summed E-state index contributed by atoms with van der Waals surface area (Å²) in [4.78, 5) is 0. The first-order valence-electron chi connectivity index (χ1n) is 8.12. The molecule has 0 aromatic heterocycles. The molecule has 1 fully saturated rings. The molecule has 20 heavy (non-hydrogen) atoms. The van der Waals surface area contributed by atoms with Crippen molar-refractivity contribution in [3.63, 3.8) is 0 Å². The van der Waals surface area contributed by atoms with Gasteiger partial charge in [0.25, 0.3) is 0 Å². The normalized spacial score (nSPS) is 27.9. The summed E-state index contributed by atoms with van der Waals surface area (Å²) in [6.45, 7) is 11.4. The molecule has 1 aromatic rings. The molecule has 1 aliphatic carbocycles. The molecule has 0 heterocycles. The van der Waals surface area contributed by atoms with Crippen molar-refractivity contribution in [3.8, 4) is 0 Å². The quantitative estimate of drug-likeness (QED) is 0.807. The van der Waals surface area contributed by atoms with Gasteiger partial charge in [-0.1, -0.05) is 71.7 Å². The summed E-state index contributed by atoms with van der Waals surface area (Å²) in [5.41, 5.74) is 9.60. The van der Waals surface area contributed by atoms with Crippen LogP contribution in [0.3, 0.4) is 0 Å². The van der Waals surface area contributed by atoms with E-state index in [9.17, 15) is 0 Å². The Morgan fingerprint density at radius 2 is 1.75 bits per heavy atom. The van der Waals surface area contributed by atoms with Crippen LogP contribution in [-0.4, -0.2) is 0 Å². The van der Waals surface area contributed by atoms with Crippen molar-refractivity contribution in [2.45, 2.75) is 71.3 Å². The van der Waals surface area contributed by atoms with Gasteiger partial charge >= 0.3 is 0 Å². The fraction of sp³-hybridized carbons (Fsp3) is 0.684. The molecule has 0 bridgehead atoms. The lowest BCUT2D eigenvalue weighted by atomic mass is 9.69. The van der Waals surface area contributed by atoms with Gasteiger partial charge in [0.2, 0.25) is 0 Å². The third-order valence-corrected chi connectivity index (χ3v) is 5.09. The molecule has 112 valence electrons. The Morgan fingerprint density at radius 1 is 1.15 bits per heavy atom. The molecule has 1 aromatic carbocycles. The molecule has 0 aliphatic heterocycles. The summed E-state index contributed by atoms with van der Waals surface area (Å²) in [7, 11) is 0. The van der Waals surface area contributed by atoms with E-state index in [0.717, 1.165) is 24.7 Å². The zero-order chi connectivity index (χ0) is 15.0. The number of hydrogen-bond acceptors (Lipinski definition) is 1. The van der Waals surface area contributed by atoms with Gasteiger partial charge in [0.15, 0.2) is 0 Å². The summed E-state index contributed by atoms with van der Waals surface area (Å²) in [6, 6.07) is 9.07. The molecule has 1 aliphatic rings. The highest BCUT2D eigenvalue weighted by Gasteiger charge is 2.35. The van der Waals surface area contributed by atoms with E-state index in [2.05, 4.69) is 58.9 Å². The molecule has 0 radical (unpaired) electrons. The predicted octanol–water partition coefficient (Wildman–Crippen LogP) is 4.98.